The Hall–Kier alpha value is -3.12. The molecule has 12 heteroatoms. The van der Waals surface area contributed by atoms with Crippen molar-refractivity contribution in [3.05, 3.63) is 62.6 Å². The maximum absolute atomic E-state index is 13.9. The van der Waals surface area contributed by atoms with Gasteiger partial charge in [0.15, 0.2) is 11.4 Å². The minimum atomic E-state index is -1.50. The van der Waals surface area contributed by atoms with Gasteiger partial charge in [-0.15, -0.1) is 0 Å². The lowest BCUT2D eigenvalue weighted by atomic mass is 10.0. The van der Waals surface area contributed by atoms with Gasteiger partial charge in [0.2, 0.25) is 5.43 Å². The van der Waals surface area contributed by atoms with E-state index in [4.69, 9.17) is 0 Å². The standard InChI is InChI=1S/C20H20F2N4O5S/c1-25-8-11-6-13(24-32(2)31)15-14(17(27)18(28)16(20(25)30)26(11)15)19(29)23-7-9-3-4-10(21)5-12(9)22/h3-5,11,13,24,28H,6-8H2,1-2H3,(H,23,29). The number of carbonyl (C=O) groups is 2. The molecule has 3 heterocycles. The SMILES string of the molecule is CN1CC2CC(NS(C)=O)c3c(C(=O)NCc4ccc(F)cc4F)c(=O)c(O)c(n32)C1=O. The van der Waals surface area contributed by atoms with Crippen LogP contribution < -0.4 is 15.5 Å². The molecule has 2 aromatic rings. The van der Waals surface area contributed by atoms with E-state index in [1.165, 1.54) is 22.8 Å². The summed E-state index contributed by atoms with van der Waals surface area (Å²) in [6.45, 7) is -0.0627. The van der Waals surface area contributed by atoms with Gasteiger partial charge >= 0.3 is 0 Å². The summed E-state index contributed by atoms with van der Waals surface area (Å²) in [5, 5.41) is 12.9. The molecule has 0 bridgehead atoms. The van der Waals surface area contributed by atoms with Crippen molar-refractivity contribution in [1.82, 2.24) is 19.5 Å². The molecule has 9 nitrogen and oxygen atoms in total. The highest BCUT2D eigenvalue weighted by molar-refractivity contribution is 7.82. The molecular formula is C20H20F2N4O5S. The van der Waals surface area contributed by atoms with Crippen molar-refractivity contribution in [1.29, 1.82) is 0 Å². The van der Waals surface area contributed by atoms with Crippen LogP contribution in [0.3, 0.4) is 0 Å². The number of pyridine rings is 1. The molecule has 0 saturated carbocycles. The van der Waals surface area contributed by atoms with Gasteiger partial charge in [0.25, 0.3) is 11.8 Å². The third kappa shape index (κ3) is 3.58. The highest BCUT2D eigenvalue weighted by Crippen LogP contribution is 2.41. The van der Waals surface area contributed by atoms with E-state index in [0.29, 0.717) is 12.5 Å². The molecule has 1 aromatic heterocycles. The summed E-state index contributed by atoms with van der Waals surface area (Å²) < 4.78 is 43.2. The van der Waals surface area contributed by atoms with E-state index in [9.17, 15) is 32.5 Å². The first-order valence-corrected chi connectivity index (χ1v) is 11.2. The second kappa shape index (κ2) is 8.10. The molecule has 0 fully saturated rings. The molecule has 1 aromatic carbocycles. The van der Waals surface area contributed by atoms with Crippen LogP contribution in [-0.4, -0.2) is 50.4 Å². The smallest absolute Gasteiger partial charge is 0.274 e. The number of aromatic hydroxyl groups is 1. The summed E-state index contributed by atoms with van der Waals surface area (Å²) in [5.41, 5.74) is -1.56. The Balaban J connectivity index is 1.80. The number of nitrogens with one attached hydrogen (secondary N) is 2. The van der Waals surface area contributed by atoms with Crippen LogP contribution in [0.5, 0.6) is 5.75 Å². The van der Waals surface area contributed by atoms with Gasteiger partial charge in [-0.25, -0.2) is 17.7 Å². The Labute approximate surface area is 183 Å². The monoisotopic (exact) mass is 466 g/mol. The Morgan fingerprint density at radius 2 is 2.03 bits per heavy atom. The molecule has 0 aliphatic carbocycles. The molecule has 0 radical (unpaired) electrons. The van der Waals surface area contributed by atoms with E-state index in [-0.39, 0.29) is 36.1 Å². The lowest BCUT2D eigenvalue weighted by Gasteiger charge is -2.32. The Bertz CT molecular complexity index is 1230. The van der Waals surface area contributed by atoms with Gasteiger partial charge in [0, 0.05) is 38.0 Å². The fourth-order valence-electron chi connectivity index (χ4n) is 4.30. The lowest BCUT2D eigenvalue weighted by molar-refractivity contribution is 0.0713. The fraction of sp³-hybridized carbons (Fsp3) is 0.350. The van der Waals surface area contributed by atoms with Gasteiger partial charge in [-0.05, 0) is 12.5 Å². The van der Waals surface area contributed by atoms with Crippen molar-refractivity contribution in [3.63, 3.8) is 0 Å². The topological polar surface area (TPSA) is 121 Å². The molecule has 170 valence electrons. The van der Waals surface area contributed by atoms with E-state index >= 15 is 0 Å². The largest absolute Gasteiger partial charge is 0.503 e. The second-order valence-electron chi connectivity index (χ2n) is 7.77. The summed E-state index contributed by atoms with van der Waals surface area (Å²) in [6.07, 6.45) is 1.73. The predicted octanol–water partition coefficient (Wildman–Crippen LogP) is 0.717. The number of carbonyl (C=O) groups excluding carboxylic acids is 2. The molecule has 0 spiro atoms. The fourth-order valence-corrected chi connectivity index (χ4v) is 4.91. The summed E-state index contributed by atoms with van der Waals surface area (Å²) >= 11 is 0. The number of likely N-dealkylation sites (N-methyl/N-ethyl adjacent to an activating group) is 1. The molecular weight excluding hydrogens is 446 g/mol. The second-order valence-corrected chi connectivity index (χ2v) is 8.92. The van der Waals surface area contributed by atoms with Crippen molar-refractivity contribution in [2.75, 3.05) is 19.8 Å². The number of nitrogens with zero attached hydrogens (tertiary/aromatic N) is 2. The van der Waals surface area contributed by atoms with Gasteiger partial charge in [-0.1, -0.05) is 6.07 Å². The highest BCUT2D eigenvalue weighted by atomic mass is 32.2. The van der Waals surface area contributed by atoms with Crippen LogP contribution in [0.1, 0.15) is 50.6 Å². The van der Waals surface area contributed by atoms with Crippen LogP contribution in [0.25, 0.3) is 0 Å². The summed E-state index contributed by atoms with van der Waals surface area (Å²) in [6, 6.07) is 1.82. The quantitative estimate of drug-likeness (QED) is 0.600. The number of aromatic nitrogens is 1. The van der Waals surface area contributed by atoms with Crippen LogP contribution in [0, 0.1) is 11.6 Å². The van der Waals surface area contributed by atoms with Crippen LogP contribution in [0.2, 0.25) is 0 Å². The Morgan fingerprint density at radius 1 is 1.31 bits per heavy atom. The predicted molar refractivity (Wildman–Crippen MR) is 110 cm³/mol. The molecule has 2 amide bonds. The van der Waals surface area contributed by atoms with E-state index < -0.39 is 57.2 Å². The minimum absolute atomic E-state index is 0.00234. The average Bonchev–Trinajstić information content (AvgIpc) is 3.04. The van der Waals surface area contributed by atoms with E-state index in [1.807, 2.05) is 0 Å². The van der Waals surface area contributed by atoms with Gasteiger partial charge in [-0.3, -0.25) is 14.4 Å². The van der Waals surface area contributed by atoms with E-state index in [1.54, 1.807) is 0 Å². The van der Waals surface area contributed by atoms with Crippen LogP contribution in [0.15, 0.2) is 23.0 Å². The first-order chi connectivity index (χ1) is 15.1. The summed E-state index contributed by atoms with van der Waals surface area (Å²) in [4.78, 5) is 40.0. The molecule has 2 aliphatic rings. The maximum atomic E-state index is 13.9. The van der Waals surface area contributed by atoms with E-state index in [0.717, 1.165) is 12.1 Å². The Kier molecular flexibility index (Phi) is 5.59. The molecule has 32 heavy (non-hydrogen) atoms. The molecule has 3 N–H and O–H groups in total. The minimum Gasteiger partial charge on any atom is -0.503 e. The number of hydrogen-bond acceptors (Lipinski definition) is 5. The molecule has 3 unspecified atom stereocenters. The van der Waals surface area contributed by atoms with Crippen LogP contribution >= 0.6 is 0 Å². The van der Waals surface area contributed by atoms with Crippen molar-refractivity contribution >= 4 is 22.8 Å². The third-order valence-electron chi connectivity index (χ3n) is 5.65. The van der Waals surface area contributed by atoms with Crippen LogP contribution in [0.4, 0.5) is 8.78 Å². The van der Waals surface area contributed by atoms with Crippen molar-refractivity contribution in [2.24, 2.45) is 0 Å². The molecule has 0 saturated heterocycles. The first-order valence-electron chi connectivity index (χ1n) is 9.68. The number of halogens is 2. The van der Waals surface area contributed by atoms with Crippen molar-refractivity contribution in [2.45, 2.75) is 25.0 Å². The third-order valence-corrected chi connectivity index (χ3v) is 6.27. The zero-order valence-electron chi connectivity index (χ0n) is 17.1. The number of amides is 2. The molecule has 3 atom stereocenters. The zero-order valence-corrected chi connectivity index (χ0v) is 18.0. The van der Waals surface area contributed by atoms with Gasteiger partial charge < -0.3 is 19.9 Å². The lowest BCUT2D eigenvalue weighted by Crippen LogP contribution is -2.42. The molecule has 4 rings (SSSR count). The molecule has 2 aliphatic heterocycles. The average molecular weight is 466 g/mol. The van der Waals surface area contributed by atoms with Crippen LogP contribution in [-0.2, 0) is 17.5 Å². The van der Waals surface area contributed by atoms with Crippen molar-refractivity contribution in [3.8, 4) is 5.75 Å². The van der Waals surface area contributed by atoms with Gasteiger partial charge in [0.1, 0.15) is 17.2 Å². The maximum Gasteiger partial charge on any atom is 0.274 e. The Morgan fingerprint density at radius 3 is 2.69 bits per heavy atom. The van der Waals surface area contributed by atoms with Gasteiger partial charge in [0.05, 0.1) is 28.8 Å². The van der Waals surface area contributed by atoms with Crippen molar-refractivity contribution < 1.29 is 27.7 Å². The number of benzene rings is 1. The number of rotatable bonds is 5. The number of hydrogen-bond donors (Lipinski definition) is 3. The van der Waals surface area contributed by atoms with Gasteiger partial charge in [-0.2, -0.15) is 0 Å². The highest BCUT2D eigenvalue weighted by Gasteiger charge is 2.44. The zero-order chi connectivity index (χ0) is 23.3. The summed E-state index contributed by atoms with van der Waals surface area (Å²) in [5.74, 6) is -3.97. The summed E-state index contributed by atoms with van der Waals surface area (Å²) in [7, 11) is 0.0349. The normalized spacial score (nSPS) is 20.2. The first kappa shape index (κ1) is 22.1. The van der Waals surface area contributed by atoms with E-state index in [2.05, 4.69) is 10.0 Å².